The van der Waals surface area contributed by atoms with Crippen LogP contribution in [0.5, 0.6) is 0 Å². The standard InChI is InChI=1S/C13H17BrN2/c1-9(2)16-12(5-6-15)7-10-3-4-11(14)8-13(10)16/h3-4,7-9H,5-6,15H2,1-2H3. The normalized spacial score (nSPS) is 11.6. The first-order chi connectivity index (χ1) is 7.63. The quantitative estimate of drug-likeness (QED) is 0.917. The fourth-order valence-electron chi connectivity index (χ4n) is 2.20. The minimum Gasteiger partial charge on any atom is -0.342 e. The highest BCUT2D eigenvalue weighted by Crippen LogP contribution is 2.27. The molecular weight excluding hydrogens is 264 g/mol. The Morgan fingerprint density at radius 2 is 2.06 bits per heavy atom. The zero-order chi connectivity index (χ0) is 11.7. The molecule has 0 aliphatic carbocycles. The highest BCUT2D eigenvalue weighted by atomic mass is 79.9. The maximum atomic E-state index is 5.66. The van der Waals surface area contributed by atoms with Crippen LogP contribution < -0.4 is 5.73 Å². The van der Waals surface area contributed by atoms with E-state index in [1.807, 2.05) is 0 Å². The molecule has 0 unspecified atom stereocenters. The fraction of sp³-hybridized carbons (Fsp3) is 0.385. The third-order valence-electron chi connectivity index (χ3n) is 2.80. The minimum atomic E-state index is 0.466. The molecule has 0 saturated heterocycles. The maximum Gasteiger partial charge on any atom is 0.0496 e. The van der Waals surface area contributed by atoms with Gasteiger partial charge in [-0.05, 0) is 50.4 Å². The van der Waals surface area contributed by atoms with Crippen molar-refractivity contribution in [3.8, 4) is 0 Å². The van der Waals surface area contributed by atoms with E-state index in [9.17, 15) is 0 Å². The summed E-state index contributed by atoms with van der Waals surface area (Å²) in [5.74, 6) is 0. The molecule has 3 heteroatoms. The van der Waals surface area contributed by atoms with Gasteiger partial charge in [0.1, 0.15) is 0 Å². The highest BCUT2D eigenvalue weighted by molar-refractivity contribution is 9.10. The van der Waals surface area contributed by atoms with E-state index in [0.29, 0.717) is 12.6 Å². The summed E-state index contributed by atoms with van der Waals surface area (Å²) in [6.07, 6.45) is 0.935. The van der Waals surface area contributed by atoms with Crippen molar-refractivity contribution in [2.45, 2.75) is 26.3 Å². The van der Waals surface area contributed by atoms with Gasteiger partial charge in [0.15, 0.2) is 0 Å². The lowest BCUT2D eigenvalue weighted by Gasteiger charge is -2.14. The molecule has 16 heavy (non-hydrogen) atoms. The third kappa shape index (κ3) is 2.02. The number of fused-ring (bicyclic) bond motifs is 1. The van der Waals surface area contributed by atoms with Crippen LogP contribution in [0.25, 0.3) is 10.9 Å². The Balaban J connectivity index is 2.67. The second-order valence-electron chi connectivity index (χ2n) is 4.34. The van der Waals surface area contributed by atoms with Gasteiger partial charge >= 0.3 is 0 Å². The van der Waals surface area contributed by atoms with E-state index < -0.39 is 0 Å². The molecule has 2 nitrogen and oxygen atoms in total. The van der Waals surface area contributed by atoms with E-state index in [0.717, 1.165) is 10.9 Å². The van der Waals surface area contributed by atoms with Crippen molar-refractivity contribution in [2.24, 2.45) is 5.73 Å². The van der Waals surface area contributed by atoms with Crippen LogP contribution in [0.15, 0.2) is 28.7 Å². The monoisotopic (exact) mass is 280 g/mol. The smallest absolute Gasteiger partial charge is 0.0496 e. The molecule has 1 heterocycles. The van der Waals surface area contributed by atoms with Gasteiger partial charge in [0.05, 0.1) is 0 Å². The Hall–Kier alpha value is -0.800. The van der Waals surface area contributed by atoms with Crippen LogP contribution in [-0.4, -0.2) is 11.1 Å². The first kappa shape index (κ1) is 11.7. The zero-order valence-corrected chi connectivity index (χ0v) is 11.3. The van der Waals surface area contributed by atoms with Gasteiger partial charge in [-0.15, -0.1) is 0 Å². The second-order valence-corrected chi connectivity index (χ2v) is 5.26. The van der Waals surface area contributed by atoms with Gasteiger partial charge in [-0.2, -0.15) is 0 Å². The lowest BCUT2D eigenvalue weighted by atomic mass is 10.2. The molecule has 0 aliphatic heterocycles. The lowest BCUT2D eigenvalue weighted by Crippen LogP contribution is -2.10. The Kier molecular flexibility index (Phi) is 3.36. The summed E-state index contributed by atoms with van der Waals surface area (Å²) in [6.45, 7) is 5.12. The van der Waals surface area contributed by atoms with Gasteiger partial charge < -0.3 is 10.3 Å². The van der Waals surface area contributed by atoms with Crippen molar-refractivity contribution in [2.75, 3.05) is 6.54 Å². The predicted octanol–water partition coefficient (Wildman–Crippen LogP) is 3.49. The first-order valence-corrected chi connectivity index (χ1v) is 6.42. The number of nitrogens with zero attached hydrogens (tertiary/aromatic N) is 1. The van der Waals surface area contributed by atoms with Crippen molar-refractivity contribution in [1.82, 2.24) is 4.57 Å². The number of aromatic nitrogens is 1. The molecule has 1 aromatic carbocycles. The fourth-order valence-corrected chi connectivity index (χ4v) is 2.55. The lowest BCUT2D eigenvalue weighted by molar-refractivity contribution is 0.594. The summed E-state index contributed by atoms with van der Waals surface area (Å²) in [4.78, 5) is 0. The predicted molar refractivity (Wildman–Crippen MR) is 72.8 cm³/mol. The number of halogens is 1. The molecule has 0 saturated carbocycles. The van der Waals surface area contributed by atoms with Gasteiger partial charge in [-0.3, -0.25) is 0 Å². The molecule has 1 aromatic heterocycles. The molecule has 2 rings (SSSR count). The van der Waals surface area contributed by atoms with Crippen LogP contribution in [0.1, 0.15) is 25.6 Å². The summed E-state index contributed by atoms with van der Waals surface area (Å²) in [7, 11) is 0. The van der Waals surface area contributed by atoms with E-state index in [4.69, 9.17) is 5.73 Å². The van der Waals surface area contributed by atoms with Crippen LogP contribution in [0.3, 0.4) is 0 Å². The van der Waals surface area contributed by atoms with Gasteiger partial charge in [0, 0.05) is 21.7 Å². The summed E-state index contributed by atoms with van der Waals surface area (Å²) in [6, 6.07) is 9.12. The van der Waals surface area contributed by atoms with Crippen molar-refractivity contribution < 1.29 is 0 Å². The van der Waals surface area contributed by atoms with Crippen LogP contribution in [0.4, 0.5) is 0 Å². The largest absolute Gasteiger partial charge is 0.342 e. The van der Waals surface area contributed by atoms with Crippen molar-refractivity contribution in [3.63, 3.8) is 0 Å². The summed E-state index contributed by atoms with van der Waals surface area (Å²) >= 11 is 3.53. The van der Waals surface area contributed by atoms with Crippen LogP contribution >= 0.6 is 15.9 Å². The van der Waals surface area contributed by atoms with E-state index >= 15 is 0 Å². The van der Waals surface area contributed by atoms with Crippen LogP contribution in [-0.2, 0) is 6.42 Å². The third-order valence-corrected chi connectivity index (χ3v) is 3.29. The average molecular weight is 281 g/mol. The summed E-state index contributed by atoms with van der Waals surface area (Å²) in [5, 5.41) is 1.29. The molecular formula is C13H17BrN2. The molecule has 86 valence electrons. The van der Waals surface area contributed by atoms with Gasteiger partial charge in [-0.1, -0.05) is 22.0 Å². The molecule has 2 N–H and O–H groups in total. The highest BCUT2D eigenvalue weighted by Gasteiger charge is 2.10. The number of benzene rings is 1. The average Bonchev–Trinajstić information content (AvgIpc) is 2.55. The zero-order valence-electron chi connectivity index (χ0n) is 9.70. The van der Waals surface area contributed by atoms with Crippen LogP contribution in [0, 0.1) is 0 Å². The van der Waals surface area contributed by atoms with Gasteiger partial charge in [0.2, 0.25) is 0 Å². The molecule has 0 fully saturated rings. The number of hydrogen-bond acceptors (Lipinski definition) is 1. The molecule has 2 aromatic rings. The molecule has 0 atom stereocenters. The van der Waals surface area contributed by atoms with Gasteiger partial charge in [0.25, 0.3) is 0 Å². The van der Waals surface area contributed by atoms with Crippen LogP contribution in [0.2, 0.25) is 0 Å². The Morgan fingerprint density at radius 3 is 2.69 bits per heavy atom. The number of hydrogen-bond donors (Lipinski definition) is 1. The van der Waals surface area contributed by atoms with Crippen molar-refractivity contribution >= 4 is 26.8 Å². The molecule has 0 spiro atoms. The van der Waals surface area contributed by atoms with E-state index in [-0.39, 0.29) is 0 Å². The van der Waals surface area contributed by atoms with E-state index in [1.54, 1.807) is 0 Å². The molecule has 0 amide bonds. The number of rotatable bonds is 3. The Labute approximate surface area is 105 Å². The Bertz CT molecular complexity index is 500. The molecule has 0 bridgehead atoms. The van der Waals surface area contributed by atoms with Crippen molar-refractivity contribution in [3.05, 3.63) is 34.4 Å². The molecule has 0 aliphatic rings. The molecule has 0 radical (unpaired) electrons. The van der Waals surface area contributed by atoms with Gasteiger partial charge in [-0.25, -0.2) is 0 Å². The van der Waals surface area contributed by atoms with E-state index in [2.05, 4.69) is 58.6 Å². The Morgan fingerprint density at radius 1 is 1.31 bits per heavy atom. The first-order valence-electron chi connectivity index (χ1n) is 5.63. The topological polar surface area (TPSA) is 30.9 Å². The summed E-state index contributed by atoms with van der Waals surface area (Å²) in [5.41, 5.74) is 8.27. The summed E-state index contributed by atoms with van der Waals surface area (Å²) < 4.78 is 3.49. The minimum absolute atomic E-state index is 0.466. The number of nitrogens with two attached hydrogens (primary N) is 1. The maximum absolute atomic E-state index is 5.66. The second kappa shape index (κ2) is 4.60. The van der Waals surface area contributed by atoms with Crippen molar-refractivity contribution in [1.29, 1.82) is 0 Å². The van der Waals surface area contributed by atoms with E-state index in [1.165, 1.54) is 16.6 Å². The SMILES string of the molecule is CC(C)n1c(CCN)cc2ccc(Br)cc21.